The van der Waals surface area contributed by atoms with E-state index in [1.54, 1.807) is 55.4 Å². The molecule has 3 aliphatic rings. The number of fused-ring (bicyclic) bond motifs is 1. The molecule has 0 aliphatic carbocycles. The summed E-state index contributed by atoms with van der Waals surface area (Å²) in [5.41, 5.74) is -0.768. The number of aliphatic hydroxyl groups excluding tert-OH is 1. The number of hydrogen-bond acceptors (Lipinski definition) is 8. The zero-order chi connectivity index (χ0) is 33.8. The Morgan fingerprint density at radius 2 is 1.93 bits per heavy atom. The van der Waals surface area contributed by atoms with E-state index in [0.29, 0.717) is 30.7 Å². The first-order valence-electron chi connectivity index (χ1n) is 15.9. The maximum absolute atomic E-state index is 14.8. The quantitative estimate of drug-likeness (QED) is 0.152. The lowest BCUT2D eigenvalue weighted by Gasteiger charge is -2.41. The number of anilines is 1. The predicted molar refractivity (Wildman–Crippen MR) is 176 cm³/mol. The summed E-state index contributed by atoms with van der Waals surface area (Å²) < 4.78 is 17.7. The number of alkyl halides is 1. The lowest BCUT2D eigenvalue weighted by molar-refractivity contribution is -0.160. The minimum Gasteiger partial charge on any atom is -0.497 e. The maximum Gasteiger partial charge on any atom is 0.312 e. The van der Waals surface area contributed by atoms with Crippen molar-refractivity contribution in [1.82, 2.24) is 10.2 Å². The number of allylic oxidation sites excluding steroid dienone is 1. The summed E-state index contributed by atoms with van der Waals surface area (Å²) >= 11 is 3.69. The van der Waals surface area contributed by atoms with Gasteiger partial charge in [0.1, 0.15) is 23.5 Å². The molecule has 0 saturated carbocycles. The molecule has 1 spiro atoms. The van der Waals surface area contributed by atoms with Gasteiger partial charge in [-0.25, -0.2) is 0 Å². The van der Waals surface area contributed by atoms with Crippen molar-refractivity contribution in [2.45, 2.75) is 81.2 Å². The molecule has 3 heterocycles. The zero-order valence-corrected chi connectivity index (χ0v) is 28.6. The number of amides is 3. The van der Waals surface area contributed by atoms with Crippen molar-refractivity contribution in [1.29, 1.82) is 0 Å². The Morgan fingerprint density at radius 3 is 2.52 bits per heavy atom. The monoisotopic (exact) mass is 703 g/mol. The molecular weight excluding hydrogens is 658 g/mol. The molecule has 1 aromatic rings. The molecule has 4 rings (SSSR count). The highest BCUT2D eigenvalue weighted by Crippen LogP contribution is 2.61. The molecule has 1 unspecified atom stereocenters. The second-order valence-corrected chi connectivity index (χ2v) is 13.5. The molecule has 0 aromatic heterocycles. The molecule has 0 radical (unpaired) electrons. The van der Waals surface area contributed by atoms with Gasteiger partial charge < -0.3 is 34.4 Å². The summed E-state index contributed by atoms with van der Waals surface area (Å²) in [5.74, 6) is -3.15. The molecule has 3 aliphatic heterocycles. The number of esters is 1. The lowest BCUT2D eigenvalue weighted by atomic mass is 9.70. The largest absolute Gasteiger partial charge is 0.497 e. The number of halogens is 1. The first kappa shape index (κ1) is 35.6. The minimum absolute atomic E-state index is 0.105. The third-order valence-electron chi connectivity index (χ3n) is 9.52. The number of aliphatic hydroxyl groups is 1. The van der Waals surface area contributed by atoms with Crippen LogP contribution in [0.15, 0.2) is 49.6 Å². The van der Waals surface area contributed by atoms with E-state index in [0.717, 1.165) is 0 Å². The molecule has 46 heavy (non-hydrogen) atoms. The van der Waals surface area contributed by atoms with Crippen LogP contribution in [0, 0.1) is 17.8 Å². The van der Waals surface area contributed by atoms with Crippen LogP contribution in [0.2, 0.25) is 0 Å². The van der Waals surface area contributed by atoms with Crippen LogP contribution < -0.4 is 15.0 Å². The summed E-state index contributed by atoms with van der Waals surface area (Å²) in [6, 6.07) is 5.19. The maximum atomic E-state index is 14.8. The van der Waals surface area contributed by atoms with Gasteiger partial charge in [0.05, 0.1) is 44.2 Å². The summed E-state index contributed by atoms with van der Waals surface area (Å²) in [5, 5.41) is 13.4. The van der Waals surface area contributed by atoms with E-state index in [4.69, 9.17) is 14.2 Å². The molecular formula is C34H46BrN3O8. The van der Waals surface area contributed by atoms with Crippen LogP contribution in [-0.2, 0) is 28.7 Å². The first-order chi connectivity index (χ1) is 22.0. The van der Waals surface area contributed by atoms with Crippen molar-refractivity contribution in [2.75, 3.05) is 31.7 Å². The molecule has 2 N–H and O–H groups in total. The topological polar surface area (TPSA) is 135 Å². The van der Waals surface area contributed by atoms with Crippen molar-refractivity contribution in [3.63, 3.8) is 0 Å². The molecule has 2 bridgehead atoms. The van der Waals surface area contributed by atoms with Gasteiger partial charge in [-0.2, -0.15) is 0 Å². The van der Waals surface area contributed by atoms with Gasteiger partial charge in [-0.15, -0.1) is 13.2 Å². The van der Waals surface area contributed by atoms with Gasteiger partial charge in [-0.1, -0.05) is 48.4 Å². The van der Waals surface area contributed by atoms with Crippen LogP contribution in [0.25, 0.3) is 0 Å². The summed E-state index contributed by atoms with van der Waals surface area (Å²) in [4.78, 5) is 58.0. The van der Waals surface area contributed by atoms with Crippen LogP contribution in [0.3, 0.4) is 0 Å². The molecule has 1 aromatic carbocycles. The number of benzene rings is 1. The number of carbonyl (C=O) groups excluding carboxylic acids is 4. The summed E-state index contributed by atoms with van der Waals surface area (Å²) in [6.07, 6.45) is 3.65. The molecule has 252 valence electrons. The van der Waals surface area contributed by atoms with Gasteiger partial charge in [0, 0.05) is 23.5 Å². The van der Waals surface area contributed by atoms with Gasteiger partial charge in [0.25, 0.3) is 5.91 Å². The third kappa shape index (κ3) is 6.61. The van der Waals surface area contributed by atoms with E-state index in [2.05, 4.69) is 34.4 Å². The smallest absolute Gasteiger partial charge is 0.312 e. The van der Waals surface area contributed by atoms with E-state index in [1.165, 1.54) is 4.90 Å². The number of methoxy groups -OCH3 is 1. The van der Waals surface area contributed by atoms with Crippen molar-refractivity contribution < 1.29 is 38.5 Å². The molecule has 9 atom stereocenters. The number of hydrogen-bond donors (Lipinski definition) is 2. The molecule has 11 nitrogen and oxygen atoms in total. The Labute approximate surface area is 279 Å². The fraction of sp³-hybridized carbons (Fsp3) is 0.588. The minimum atomic E-state index is -1.34. The summed E-state index contributed by atoms with van der Waals surface area (Å²) in [6.45, 7) is 12.9. The van der Waals surface area contributed by atoms with E-state index in [1.807, 2.05) is 13.8 Å². The normalized spacial score (nSPS) is 28.2. The second-order valence-electron chi connectivity index (χ2n) is 12.4. The summed E-state index contributed by atoms with van der Waals surface area (Å²) in [7, 11) is 1.56. The lowest BCUT2D eigenvalue weighted by Crippen LogP contribution is -2.60. The van der Waals surface area contributed by atoms with E-state index < -0.39 is 59.5 Å². The van der Waals surface area contributed by atoms with Crippen LogP contribution in [0.1, 0.15) is 46.5 Å². The van der Waals surface area contributed by atoms with Crippen molar-refractivity contribution in [3.05, 3.63) is 49.6 Å². The SMILES string of the molecule is C=CCCC(=O)NC[C@H](C)OC(=O)[C@@H]1[C@H]2O[C@@]3(CC2Br)[C@H](C(=O)N(CC=C)c2ccc(OC)cc2)N([C@@H](CO)[C@@H](C)CC)C(=O)[C@@H]13. The first-order valence-corrected chi connectivity index (χ1v) is 16.8. The van der Waals surface area contributed by atoms with Crippen molar-refractivity contribution >= 4 is 45.3 Å². The van der Waals surface area contributed by atoms with Crippen molar-refractivity contribution in [3.8, 4) is 5.75 Å². The number of carbonyl (C=O) groups is 4. The Kier molecular flexibility index (Phi) is 11.7. The number of rotatable bonds is 16. The predicted octanol–water partition coefficient (Wildman–Crippen LogP) is 3.38. The molecule has 12 heteroatoms. The van der Waals surface area contributed by atoms with Gasteiger partial charge >= 0.3 is 5.97 Å². The van der Waals surface area contributed by atoms with Crippen LogP contribution >= 0.6 is 15.9 Å². The standard InChI is InChI=1S/C34H46BrN3O8/c1-7-10-11-26(40)36-18-21(5)45-33(43)27-28-31(41)38(25(19-39)20(4)9-3)30(34(28)17-24(35)29(27)46-34)32(42)37(16-8-2)22-12-14-23(44-6)15-13-22/h7-8,12-15,20-21,24-25,27-30,39H,1-2,9-11,16-19H2,3-6H3,(H,36,40)/t20-,21-,24?,25-,27-,28+,29-,30-,34+/m0/s1. The van der Waals surface area contributed by atoms with Crippen LogP contribution in [0.4, 0.5) is 5.69 Å². The number of ether oxygens (including phenoxy) is 3. The Bertz CT molecular complexity index is 1310. The van der Waals surface area contributed by atoms with Gasteiger partial charge in [-0.05, 0) is 49.9 Å². The number of nitrogens with one attached hydrogen (secondary N) is 1. The molecule has 3 saturated heterocycles. The Morgan fingerprint density at radius 1 is 1.24 bits per heavy atom. The van der Waals surface area contributed by atoms with Gasteiger partial charge in [0.15, 0.2) is 0 Å². The molecule has 3 amide bonds. The van der Waals surface area contributed by atoms with Gasteiger partial charge in [0.2, 0.25) is 11.8 Å². The van der Waals surface area contributed by atoms with E-state index in [9.17, 15) is 24.3 Å². The molecule has 3 fully saturated rings. The van der Waals surface area contributed by atoms with Crippen LogP contribution in [0.5, 0.6) is 5.75 Å². The van der Waals surface area contributed by atoms with E-state index in [-0.39, 0.29) is 42.8 Å². The average molecular weight is 705 g/mol. The zero-order valence-electron chi connectivity index (χ0n) is 27.0. The average Bonchev–Trinajstić information content (AvgIpc) is 3.65. The van der Waals surface area contributed by atoms with Gasteiger partial charge in [-0.3, -0.25) is 19.2 Å². The number of likely N-dealkylation sites (tertiary alicyclic amines) is 1. The Balaban J connectivity index is 1.71. The highest BCUT2D eigenvalue weighted by Gasteiger charge is 2.77. The number of nitrogens with zero attached hydrogens (tertiary/aromatic N) is 2. The van der Waals surface area contributed by atoms with Crippen molar-refractivity contribution in [2.24, 2.45) is 17.8 Å². The fourth-order valence-corrected chi connectivity index (χ4v) is 7.99. The second kappa shape index (κ2) is 15.1. The highest BCUT2D eigenvalue weighted by atomic mass is 79.9. The van der Waals surface area contributed by atoms with E-state index >= 15 is 0 Å². The van der Waals surface area contributed by atoms with Crippen LogP contribution in [-0.4, -0.2) is 95.2 Å². The fourth-order valence-electron chi connectivity index (χ4n) is 7.05. The highest BCUT2D eigenvalue weighted by molar-refractivity contribution is 9.09. The Hall–Kier alpha value is -3.22. The third-order valence-corrected chi connectivity index (χ3v) is 10.4.